The Bertz CT molecular complexity index is 788. The normalized spacial score (nSPS) is 14.2. The highest BCUT2D eigenvalue weighted by Crippen LogP contribution is 2.33. The fraction of sp³-hybridized carbons (Fsp3) is 0.524. The molecule has 0 N–H and O–H groups in total. The Labute approximate surface area is 170 Å². The SMILES string of the molecule is CCC(=O)N(CCCOC)Cc1c(-c2ccc(F)cc2)noc1N1CCOCC1. The highest BCUT2D eigenvalue weighted by molar-refractivity contribution is 5.77. The molecule has 1 aliphatic rings. The number of rotatable bonds is 9. The van der Waals surface area contributed by atoms with Gasteiger partial charge in [0.2, 0.25) is 11.8 Å². The molecule has 0 atom stereocenters. The number of carbonyl (C=O) groups is 1. The first-order chi connectivity index (χ1) is 14.1. The minimum Gasteiger partial charge on any atom is -0.385 e. The predicted molar refractivity (Wildman–Crippen MR) is 107 cm³/mol. The molecule has 0 saturated carbocycles. The van der Waals surface area contributed by atoms with Gasteiger partial charge < -0.3 is 23.8 Å². The molecule has 7 nitrogen and oxygen atoms in total. The molecule has 1 aromatic carbocycles. The summed E-state index contributed by atoms with van der Waals surface area (Å²) in [6.07, 6.45) is 1.16. The number of ether oxygens (including phenoxy) is 2. The second-order valence-electron chi connectivity index (χ2n) is 6.94. The lowest BCUT2D eigenvalue weighted by atomic mass is 10.1. The van der Waals surface area contributed by atoms with Gasteiger partial charge in [-0.15, -0.1) is 0 Å². The Morgan fingerprint density at radius 3 is 2.66 bits per heavy atom. The van der Waals surface area contributed by atoms with Crippen molar-refractivity contribution in [1.29, 1.82) is 0 Å². The lowest BCUT2D eigenvalue weighted by Crippen LogP contribution is -2.37. The van der Waals surface area contributed by atoms with Gasteiger partial charge in [-0.1, -0.05) is 12.1 Å². The summed E-state index contributed by atoms with van der Waals surface area (Å²) in [5.74, 6) is 0.392. The average molecular weight is 405 g/mol. The number of halogens is 1. The molecule has 2 heterocycles. The van der Waals surface area contributed by atoms with Crippen LogP contribution in [0.4, 0.5) is 10.3 Å². The van der Waals surface area contributed by atoms with E-state index < -0.39 is 0 Å². The summed E-state index contributed by atoms with van der Waals surface area (Å²) in [5, 5.41) is 4.28. The molecule has 1 fully saturated rings. The van der Waals surface area contributed by atoms with Crippen LogP contribution in [0.5, 0.6) is 0 Å². The van der Waals surface area contributed by atoms with Gasteiger partial charge in [0.1, 0.15) is 11.5 Å². The molecule has 0 radical (unpaired) electrons. The summed E-state index contributed by atoms with van der Waals surface area (Å²) < 4.78 is 29.7. The van der Waals surface area contributed by atoms with Crippen molar-refractivity contribution in [3.8, 4) is 11.3 Å². The van der Waals surface area contributed by atoms with E-state index in [4.69, 9.17) is 14.0 Å². The zero-order chi connectivity index (χ0) is 20.6. The zero-order valence-corrected chi connectivity index (χ0v) is 17.0. The summed E-state index contributed by atoms with van der Waals surface area (Å²) in [4.78, 5) is 16.5. The summed E-state index contributed by atoms with van der Waals surface area (Å²) in [7, 11) is 1.65. The van der Waals surface area contributed by atoms with Crippen molar-refractivity contribution in [1.82, 2.24) is 10.1 Å². The Hall–Kier alpha value is -2.45. The number of morpholine rings is 1. The first-order valence-electron chi connectivity index (χ1n) is 9.98. The van der Waals surface area contributed by atoms with Crippen molar-refractivity contribution in [3.63, 3.8) is 0 Å². The fourth-order valence-electron chi connectivity index (χ4n) is 3.40. The number of methoxy groups -OCH3 is 1. The van der Waals surface area contributed by atoms with Crippen molar-refractivity contribution in [2.24, 2.45) is 0 Å². The van der Waals surface area contributed by atoms with Crippen molar-refractivity contribution >= 4 is 11.8 Å². The molecule has 0 unspecified atom stereocenters. The largest absolute Gasteiger partial charge is 0.385 e. The van der Waals surface area contributed by atoms with Gasteiger partial charge in [-0.25, -0.2) is 4.39 Å². The molecule has 1 aromatic heterocycles. The van der Waals surface area contributed by atoms with Crippen LogP contribution in [0, 0.1) is 5.82 Å². The molecule has 3 rings (SSSR count). The minimum atomic E-state index is -0.311. The van der Waals surface area contributed by atoms with Gasteiger partial charge in [0.15, 0.2) is 0 Å². The number of nitrogens with zero attached hydrogens (tertiary/aromatic N) is 3. The number of hydrogen-bond acceptors (Lipinski definition) is 6. The van der Waals surface area contributed by atoms with E-state index in [9.17, 15) is 9.18 Å². The smallest absolute Gasteiger partial charge is 0.233 e. The van der Waals surface area contributed by atoms with E-state index in [1.165, 1.54) is 12.1 Å². The Morgan fingerprint density at radius 2 is 2.00 bits per heavy atom. The van der Waals surface area contributed by atoms with Crippen LogP contribution in [0.15, 0.2) is 28.8 Å². The topological polar surface area (TPSA) is 68.0 Å². The lowest BCUT2D eigenvalue weighted by Gasteiger charge is -2.28. The number of carbonyl (C=O) groups excluding carboxylic acids is 1. The Kier molecular flexibility index (Phi) is 7.60. The number of aromatic nitrogens is 1. The van der Waals surface area contributed by atoms with Crippen LogP contribution in [0.25, 0.3) is 11.3 Å². The molecular weight excluding hydrogens is 377 g/mol. The van der Waals surface area contributed by atoms with E-state index >= 15 is 0 Å². The third-order valence-electron chi connectivity index (χ3n) is 4.96. The van der Waals surface area contributed by atoms with Gasteiger partial charge in [0, 0.05) is 45.3 Å². The van der Waals surface area contributed by atoms with Crippen molar-refractivity contribution in [2.75, 3.05) is 51.5 Å². The maximum absolute atomic E-state index is 13.4. The van der Waals surface area contributed by atoms with Crippen LogP contribution < -0.4 is 4.90 Å². The monoisotopic (exact) mass is 405 g/mol. The van der Waals surface area contributed by atoms with Crippen LogP contribution in [0.2, 0.25) is 0 Å². The van der Waals surface area contributed by atoms with Crippen molar-refractivity contribution in [3.05, 3.63) is 35.6 Å². The van der Waals surface area contributed by atoms with Gasteiger partial charge in [-0.2, -0.15) is 0 Å². The molecule has 1 saturated heterocycles. The van der Waals surface area contributed by atoms with E-state index in [0.29, 0.717) is 64.0 Å². The van der Waals surface area contributed by atoms with E-state index in [0.717, 1.165) is 17.5 Å². The summed E-state index contributed by atoms with van der Waals surface area (Å²) >= 11 is 0. The summed E-state index contributed by atoms with van der Waals surface area (Å²) in [5.41, 5.74) is 2.22. The van der Waals surface area contributed by atoms with Crippen LogP contribution >= 0.6 is 0 Å². The van der Waals surface area contributed by atoms with Gasteiger partial charge in [0.25, 0.3) is 0 Å². The Morgan fingerprint density at radius 1 is 1.28 bits per heavy atom. The molecule has 29 heavy (non-hydrogen) atoms. The van der Waals surface area contributed by atoms with Crippen LogP contribution in [-0.2, 0) is 20.8 Å². The van der Waals surface area contributed by atoms with E-state index in [1.807, 2.05) is 11.8 Å². The summed E-state index contributed by atoms with van der Waals surface area (Å²) in [6, 6.07) is 6.15. The number of hydrogen-bond donors (Lipinski definition) is 0. The minimum absolute atomic E-state index is 0.0558. The molecule has 0 spiro atoms. The average Bonchev–Trinajstić information content (AvgIpc) is 3.17. The molecule has 0 bridgehead atoms. The highest BCUT2D eigenvalue weighted by atomic mass is 19.1. The van der Waals surface area contributed by atoms with Gasteiger partial charge in [-0.05, 0) is 30.7 Å². The van der Waals surface area contributed by atoms with E-state index in [2.05, 4.69) is 10.1 Å². The molecule has 1 amide bonds. The maximum Gasteiger partial charge on any atom is 0.233 e. The molecule has 2 aromatic rings. The first kappa shape index (κ1) is 21.3. The quantitative estimate of drug-likeness (QED) is 0.597. The first-order valence-corrected chi connectivity index (χ1v) is 9.98. The van der Waals surface area contributed by atoms with Crippen LogP contribution in [0.3, 0.4) is 0 Å². The predicted octanol–water partition coefficient (Wildman–Crippen LogP) is 3.09. The molecule has 1 aliphatic heterocycles. The third kappa shape index (κ3) is 5.33. The second kappa shape index (κ2) is 10.4. The lowest BCUT2D eigenvalue weighted by molar-refractivity contribution is -0.131. The highest BCUT2D eigenvalue weighted by Gasteiger charge is 2.26. The molecular formula is C21H28FN3O4. The standard InChI is InChI=1S/C21H28FN3O4/c1-3-19(26)25(9-4-12-27-2)15-18-20(16-5-7-17(22)8-6-16)23-29-21(18)24-10-13-28-14-11-24/h5-8H,3-4,9-15H2,1-2H3. The molecule has 0 aliphatic carbocycles. The van der Waals surface area contributed by atoms with Crippen LogP contribution in [-0.4, -0.2) is 62.5 Å². The van der Waals surface area contributed by atoms with E-state index in [-0.39, 0.29) is 11.7 Å². The van der Waals surface area contributed by atoms with Crippen molar-refractivity contribution < 1.29 is 23.2 Å². The van der Waals surface area contributed by atoms with E-state index in [1.54, 1.807) is 19.2 Å². The number of anilines is 1. The second-order valence-corrected chi connectivity index (χ2v) is 6.94. The molecule has 8 heteroatoms. The van der Waals surface area contributed by atoms with Gasteiger partial charge >= 0.3 is 0 Å². The maximum atomic E-state index is 13.4. The van der Waals surface area contributed by atoms with Crippen molar-refractivity contribution in [2.45, 2.75) is 26.3 Å². The summed E-state index contributed by atoms with van der Waals surface area (Å²) in [6.45, 7) is 5.99. The Balaban J connectivity index is 1.94. The fourth-order valence-corrected chi connectivity index (χ4v) is 3.40. The number of amides is 1. The van der Waals surface area contributed by atoms with Crippen LogP contribution in [0.1, 0.15) is 25.3 Å². The van der Waals surface area contributed by atoms with Gasteiger partial charge in [0.05, 0.1) is 25.3 Å². The number of benzene rings is 1. The van der Waals surface area contributed by atoms with Gasteiger partial charge in [-0.3, -0.25) is 4.79 Å². The molecule has 158 valence electrons. The third-order valence-corrected chi connectivity index (χ3v) is 4.96. The zero-order valence-electron chi connectivity index (χ0n) is 17.0.